The summed E-state index contributed by atoms with van der Waals surface area (Å²) in [5.74, 6) is 0.521. The summed E-state index contributed by atoms with van der Waals surface area (Å²) in [6.45, 7) is 4.35. The summed E-state index contributed by atoms with van der Waals surface area (Å²) >= 11 is 7.35. The van der Waals surface area contributed by atoms with E-state index in [9.17, 15) is 0 Å². The second-order valence-corrected chi connectivity index (χ2v) is 6.08. The van der Waals surface area contributed by atoms with E-state index in [-0.39, 0.29) is 4.95 Å². The van der Waals surface area contributed by atoms with Crippen molar-refractivity contribution in [1.82, 2.24) is 15.0 Å². The molecule has 0 N–H and O–H groups in total. The lowest BCUT2D eigenvalue weighted by molar-refractivity contribution is 0.503. The summed E-state index contributed by atoms with van der Waals surface area (Å²) in [6, 6.07) is 7.97. The number of alkyl halides is 2. The lowest BCUT2D eigenvalue weighted by atomic mass is 10.1. The maximum Gasteiger partial charge on any atom is 0.122 e. The summed E-state index contributed by atoms with van der Waals surface area (Å²) < 4.78 is 1.91. The number of aromatic nitrogens is 3. The summed E-state index contributed by atoms with van der Waals surface area (Å²) in [6.07, 6.45) is 0. The van der Waals surface area contributed by atoms with E-state index in [1.165, 1.54) is 0 Å². The number of hydrogen-bond acceptors (Lipinski definition) is 2. The molecule has 86 valence electrons. The number of rotatable bonds is 3. The maximum absolute atomic E-state index is 4.19. The molecule has 2 atom stereocenters. The smallest absolute Gasteiger partial charge is 0.122 e. The van der Waals surface area contributed by atoms with E-state index in [1.807, 2.05) is 28.9 Å². The van der Waals surface area contributed by atoms with Gasteiger partial charge in [-0.2, -0.15) is 0 Å². The third-order valence-corrected chi connectivity index (χ3v) is 5.74. The fraction of sp³-hybridized carbons (Fsp3) is 0.455. The minimum absolute atomic E-state index is 0.111. The van der Waals surface area contributed by atoms with Crippen molar-refractivity contribution < 1.29 is 0 Å². The van der Waals surface area contributed by atoms with Crippen molar-refractivity contribution in [2.45, 2.75) is 23.6 Å². The van der Waals surface area contributed by atoms with Crippen LogP contribution in [0.25, 0.3) is 11.0 Å². The van der Waals surface area contributed by atoms with Gasteiger partial charge < -0.3 is 0 Å². The first kappa shape index (κ1) is 12.0. The second kappa shape index (κ2) is 4.84. The van der Waals surface area contributed by atoms with Crippen LogP contribution >= 0.6 is 31.9 Å². The molecule has 2 aromatic rings. The Morgan fingerprint density at radius 1 is 1.19 bits per heavy atom. The van der Waals surface area contributed by atoms with Gasteiger partial charge in [0.05, 0.1) is 5.52 Å². The zero-order valence-electron chi connectivity index (χ0n) is 9.14. The molecule has 0 aliphatic rings. The molecule has 0 amide bonds. The van der Waals surface area contributed by atoms with Crippen LogP contribution in [0.3, 0.4) is 0 Å². The topological polar surface area (TPSA) is 30.7 Å². The van der Waals surface area contributed by atoms with Crippen molar-refractivity contribution in [3.05, 3.63) is 24.3 Å². The molecule has 2 rings (SSSR count). The fourth-order valence-electron chi connectivity index (χ4n) is 1.52. The van der Waals surface area contributed by atoms with Gasteiger partial charge in [0, 0.05) is 4.83 Å². The van der Waals surface area contributed by atoms with Gasteiger partial charge >= 0.3 is 0 Å². The van der Waals surface area contributed by atoms with E-state index in [4.69, 9.17) is 0 Å². The van der Waals surface area contributed by atoms with E-state index in [0.717, 1.165) is 11.0 Å². The molecule has 0 saturated carbocycles. The predicted octanol–water partition coefficient (Wildman–Crippen LogP) is 3.74. The molecule has 0 aliphatic heterocycles. The molecule has 1 aromatic heterocycles. The van der Waals surface area contributed by atoms with Crippen LogP contribution in [0.1, 0.15) is 18.8 Å². The van der Waals surface area contributed by atoms with Crippen molar-refractivity contribution in [3.63, 3.8) is 0 Å². The standard InChI is InChI=1S/C11H13Br2N3/c1-7(2)10(12)11(13)16-9-6-4-3-5-8(9)14-15-16/h3-7,10-11H,1-2H3. The highest BCUT2D eigenvalue weighted by Gasteiger charge is 2.23. The van der Waals surface area contributed by atoms with Crippen LogP contribution < -0.4 is 0 Å². The van der Waals surface area contributed by atoms with Crippen LogP contribution in [0.5, 0.6) is 0 Å². The third kappa shape index (κ3) is 2.15. The SMILES string of the molecule is CC(C)C(Br)C(Br)n1nnc2ccccc21. The largest absolute Gasteiger partial charge is 0.230 e. The first-order chi connectivity index (χ1) is 7.61. The predicted molar refractivity (Wildman–Crippen MR) is 73.0 cm³/mol. The van der Waals surface area contributed by atoms with E-state index in [2.05, 4.69) is 56.0 Å². The minimum Gasteiger partial charge on any atom is -0.230 e. The monoisotopic (exact) mass is 345 g/mol. The first-order valence-corrected chi connectivity index (χ1v) is 7.02. The molecule has 0 spiro atoms. The molecule has 2 unspecified atom stereocenters. The Balaban J connectivity index is 2.40. The van der Waals surface area contributed by atoms with Crippen LogP contribution in [0.15, 0.2) is 24.3 Å². The number of para-hydroxylation sites is 1. The lowest BCUT2D eigenvalue weighted by Crippen LogP contribution is -2.20. The highest BCUT2D eigenvalue weighted by atomic mass is 79.9. The average molecular weight is 347 g/mol. The molecule has 1 heterocycles. The quantitative estimate of drug-likeness (QED) is 0.792. The fourth-order valence-corrected chi connectivity index (χ4v) is 2.66. The molecule has 3 nitrogen and oxygen atoms in total. The van der Waals surface area contributed by atoms with Crippen molar-refractivity contribution >= 4 is 42.9 Å². The van der Waals surface area contributed by atoms with E-state index < -0.39 is 0 Å². The molecule has 0 saturated heterocycles. The van der Waals surface area contributed by atoms with Crippen LogP contribution in [-0.4, -0.2) is 19.8 Å². The van der Waals surface area contributed by atoms with Crippen molar-refractivity contribution in [2.24, 2.45) is 5.92 Å². The number of fused-ring (bicyclic) bond motifs is 1. The number of nitrogens with zero attached hydrogens (tertiary/aromatic N) is 3. The zero-order chi connectivity index (χ0) is 11.7. The number of benzene rings is 1. The van der Waals surface area contributed by atoms with Gasteiger partial charge in [-0.25, -0.2) is 4.68 Å². The zero-order valence-corrected chi connectivity index (χ0v) is 12.3. The molecule has 16 heavy (non-hydrogen) atoms. The van der Waals surface area contributed by atoms with Crippen LogP contribution in [0.4, 0.5) is 0 Å². The Kier molecular flexibility index (Phi) is 3.64. The molecule has 5 heteroatoms. The molecule has 0 radical (unpaired) electrons. The van der Waals surface area contributed by atoms with Gasteiger partial charge in [-0.3, -0.25) is 0 Å². The number of halogens is 2. The Labute approximate surface area is 111 Å². The lowest BCUT2D eigenvalue weighted by Gasteiger charge is -2.20. The van der Waals surface area contributed by atoms with Gasteiger partial charge in [-0.15, -0.1) is 5.10 Å². The molecule has 0 aliphatic carbocycles. The van der Waals surface area contributed by atoms with Gasteiger partial charge in [0.2, 0.25) is 0 Å². The van der Waals surface area contributed by atoms with E-state index in [1.54, 1.807) is 0 Å². The Morgan fingerprint density at radius 3 is 2.56 bits per heavy atom. The molecular formula is C11H13Br2N3. The number of hydrogen-bond donors (Lipinski definition) is 0. The third-order valence-electron chi connectivity index (χ3n) is 2.51. The maximum atomic E-state index is 4.19. The van der Waals surface area contributed by atoms with Crippen LogP contribution in [-0.2, 0) is 0 Å². The highest BCUT2D eigenvalue weighted by Crippen LogP contribution is 2.32. The summed E-state index contributed by atoms with van der Waals surface area (Å²) in [4.78, 5) is 0.428. The van der Waals surface area contributed by atoms with Gasteiger partial charge in [0.1, 0.15) is 10.5 Å². The molecule has 1 aromatic carbocycles. The van der Waals surface area contributed by atoms with Crippen molar-refractivity contribution in [2.75, 3.05) is 0 Å². The molecule has 0 bridgehead atoms. The van der Waals surface area contributed by atoms with Crippen molar-refractivity contribution in [3.8, 4) is 0 Å². The van der Waals surface area contributed by atoms with Gasteiger partial charge in [0.25, 0.3) is 0 Å². The Hall–Kier alpha value is -0.420. The average Bonchev–Trinajstić information content (AvgIpc) is 2.70. The normalized spacial score (nSPS) is 15.6. The second-order valence-electron chi connectivity index (χ2n) is 4.08. The Morgan fingerprint density at radius 2 is 1.88 bits per heavy atom. The van der Waals surface area contributed by atoms with Crippen molar-refractivity contribution in [1.29, 1.82) is 0 Å². The summed E-state index contributed by atoms with van der Waals surface area (Å²) in [7, 11) is 0. The van der Waals surface area contributed by atoms with Gasteiger partial charge in [0.15, 0.2) is 0 Å². The van der Waals surface area contributed by atoms with Gasteiger partial charge in [-0.05, 0) is 18.1 Å². The van der Waals surface area contributed by atoms with Crippen LogP contribution in [0, 0.1) is 5.92 Å². The van der Waals surface area contributed by atoms with E-state index >= 15 is 0 Å². The first-order valence-electron chi connectivity index (χ1n) is 5.19. The summed E-state index contributed by atoms with van der Waals surface area (Å²) in [5.41, 5.74) is 1.98. The highest BCUT2D eigenvalue weighted by molar-refractivity contribution is 9.12. The minimum atomic E-state index is 0.111. The molecular weight excluding hydrogens is 334 g/mol. The van der Waals surface area contributed by atoms with Crippen LogP contribution in [0.2, 0.25) is 0 Å². The van der Waals surface area contributed by atoms with Gasteiger partial charge in [-0.1, -0.05) is 63.1 Å². The van der Waals surface area contributed by atoms with E-state index in [0.29, 0.717) is 10.7 Å². The molecule has 0 fully saturated rings. The summed E-state index contributed by atoms with van der Waals surface area (Å²) in [5, 5.41) is 8.33. The Bertz CT molecular complexity index is 481.